The largest absolute Gasteiger partial charge is 0.491 e. The minimum absolute atomic E-state index is 0.600. The van der Waals surface area contributed by atoms with Gasteiger partial charge in [-0.15, -0.1) is 0 Å². The highest BCUT2D eigenvalue weighted by Gasteiger charge is 2.11. The minimum atomic E-state index is 0.600. The van der Waals surface area contributed by atoms with Gasteiger partial charge in [0.15, 0.2) is 0 Å². The maximum Gasteiger partial charge on any atom is 0.140 e. The summed E-state index contributed by atoms with van der Waals surface area (Å²) < 4.78 is 6.88. The Hall–Kier alpha value is -1.95. The number of aromatic nitrogens is 2. The summed E-state index contributed by atoms with van der Waals surface area (Å²) in [7, 11) is 4.04. The molecule has 0 atom stereocenters. The zero-order chi connectivity index (χ0) is 18.3. The fourth-order valence-electron chi connectivity index (χ4n) is 2.97. The molecule has 0 bridgehead atoms. The molecule has 26 heavy (non-hydrogen) atoms. The number of aromatic amines is 2. The van der Waals surface area contributed by atoms with E-state index in [1.54, 1.807) is 0 Å². The lowest BCUT2D eigenvalue weighted by Gasteiger charge is -2.12. The molecule has 4 rings (SSSR count). The van der Waals surface area contributed by atoms with Gasteiger partial charge in [-0.1, -0.05) is 33.6 Å². The van der Waals surface area contributed by atoms with Gasteiger partial charge >= 0.3 is 0 Å². The predicted octanol–water partition coefficient (Wildman–Crippen LogP) is 5.67. The predicted molar refractivity (Wildman–Crippen MR) is 112 cm³/mol. The number of ether oxygens (including phenoxy) is 1. The van der Waals surface area contributed by atoms with E-state index in [-0.39, 0.29) is 0 Å². The van der Waals surface area contributed by atoms with Crippen LogP contribution in [0.1, 0.15) is 0 Å². The second kappa shape index (κ2) is 6.99. The first kappa shape index (κ1) is 17.5. The lowest BCUT2D eigenvalue weighted by Crippen LogP contribution is -2.19. The summed E-state index contributed by atoms with van der Waals surface area (Å²) in [6.45, 7) is 1.44. The van der Waals surface area contributed by atoms with Crippen molar-refractivity contribution in [3.8, 4) is 17.1 Å². The normalized spacial score (nSPS) is 11.7. The van der Waals surface area contributed by atoms with Crippen LogP contribution >= 0.6 is 27.5 Å². The van der Waals surface area contributed by atoms with Crippen LogP contribution in [0.3, 0.4) is 0 Å². The first-order valence-electron chi connectivity index (χ1n) is 8.38. The van der Waals surface area contributed by atoms with Crippen molar-refractivity contribution < 1.29 is 4.74 Å². The molecule has 0 saturated carbocycles. The molecule has 2 N–H and O–H groups in total. The zero-order valence-electron chi connectivity index (χ0n) is 14.6. The summed E-state index contributed by atoms with van der Waals surface area (Å²) in [4.78, 5) is 9.00. The zero-order valence-corrected chi connectivity index (χ0v) is 16.9. The Morgan fingerprint density at radius 3 is 2.38 bits per heavy atom. The molecule has 0 amide bonds. The Bertz CT molecular complexity index is 1080. The van der Waals surface area contributed by atoms with E-state index in [1.807, 2.05) is 32.3 Å². The number of nitrogens with one attached hydrogen (secondary N) is 2. The summed E-state index contributed by atoms with van der Waals surface area (Å²) in [5, 5.41) is 2.86. The molecular formula is C20H19BrClN3O. The number of hydrogen-bond acceptors (Lipinski definition) is 2. The van der Waals surface area contributed by atoms with Crippen molar-refractivity contribution in [3.05, 3.63) is 52.0 Å². The number of nitrogens with zero attached hydrogens (tertiary/aromatic N) is 1. The van der Waals surface area contributed by atoms with E-state index in [4.69, 9.17) is 16.3 Å². The molecule has 0 spiro atoms. The van der Waals surface area contributed by atoms with E-state index in [1.165, 1.54) is 5.39 Å². The van der Waals surface area contributed by atoms with Crippen LogP contribution in [0.15, 0.2) is 46.9 Å². The Labute approximate surface area is 165 Å². The van der Waals surface area contributed by atoms with Crippen LogP contribution in [0.4, 0.5) is 0 Å². The molecule has 0 aliphatic carbocycles. The number of benzene rings is 2. The average Bonchev–Trinajstić information content (AvgIpc) is 3.17. The maximum atomic E-state index is 6.39. The molecule has 6 heteroatoms. The SMILES string of the molecule is CN(C)CCOc1cc2[nH]c(-c3cc4ccc(Br)cc4[nH]3)cc2cc1Cl. The van der Waals surface area contributed by atoms with Crippen molar-refractivity contribution >= 4 is 49.3 Å². The molecule has 2 heterocycles. The van der Waals surface area contributed by atoms with Crippen molar-refractivity contribution in [3.63, 3.8) is 0 Å². The van der Waals surface area contributed by atoms with Crippen molar-refractivity contribution in [1.82, 2.24) is 14.9 Å². The molecule has 0 radical (unpaired) electrons. The Kier molecular flexibility index (Phi) is 4.69. The molecule has 2 aromatic carbocycles. The third-order valence-electron chi connectivity index (χ3n) is 4.34. The third-order valence-corrected chi connectivity index (χ3v) is 5.13. The topological polar surface area (TPSA) is 44.0 Å². The van der Waals surface area contributed by atoms with Gasteiger partial charge in [-0.2, -0.15) is 0 Å². The highest BCUT2D eigenvalue weighted by molar-refractivity contribution is 9.10. The van der Waals surface area contributed by atoms with E-state index >= 15 is 0 Å². The van der Waals surface area contributed by atoms with Gasteiger partial charge in [0.1, 0.15) is 12.4 Å². The third kappa shape index (κ3) is 3.47. The lowest BCUT2D eigenvalue weighted by atomic mass is 10.2. The van der Waals surface area contributed by atoms with Crippen LogP contribution in [-0.4, -0.2) is 42.1 Å². The van der Waals surface area contributed by atoms with Crippen molar-refractivity contribution in [1.29, 1.82) is 0 Å². The lowest BCUT2D eigenvalue weighted by molar-refractivity contribution is 0.262. The summed E-state index contributed by atoms with van der Waals surface area (Å²) in [5.41, 5.74) is 4.16. The van der Waals surface area contributed by atoms with Crippen LogP contribution in [0.2, 0.25) is 5.02 Å². The molecule has 0 fully saturated rings. The summed E-state index contributed by atoms with van der Waals surface area (Å²) in [6, 6.07) is 14.4. The highest BCUT2D eigenvalue weighted by Crippen LogP contribution is 2.33. The van der Waals surface area contributed by atoms with Gasteiger partial charge < -0.3 is 19.6 Å². The number of halogens is 2. The molecule has 0 saturated heterocycles. The van der Waals surface area contributed by atoms with Gasteiger partial charge in [0.25, 0.3) is 0 Å². The summed E-state index contributed by atoms with van der Waals surface area (Å²) >= 11 is 9.90. The molecule has 0 unspecified atom stereocenters. The van der Waals surface area contributed by atoms with Crippen molar-refractivity contribution in [2.75, 3.05) is 27.2 Å². The number of H-pyrrole nitrogens is 2. The fourth-order valence-corrected chi connectivity index (χ4v) is 3.56. The quantitative estimate of drug-likeness (QED) is 0.426. The molecular weight excluding hydrogens is 414 g/mol. The Morgan fingerprint density at radius 2 is 1.65 bits per heavy atom. The minimum Gasteiger partial charge on any atom is -0.491 e. The second-order valence-electron chi connectivity index (χ2n) is 6.62. The molecule has 0 aliphatic heterocycles. The number of likely N-dealkylation sites (N-methyl/N-ethyl adjacent to an activating group) is 1. The summed E-state index contributed by atoms with van der Waals surface area (Å²) in [5.74, 6) is 0.704. The second-order valence-corrected chi connectivity index (χ2v) is 7.94. The number of rotatable bonds is 5. The molecule has 2 aromatic heterocycles. The smallest absolute Gasteiger partial charge is 0.140 e. The van der Waals surface area contributed by atoms with Crippen LogP contribution < -0.4 is 4.74 Å². The molecule has 134 valence electrons. The van der Waals surface area contributed by atoms with Crippen LogP contribution in [0, 0.1) is 0 Å². The molecule has 4 nitrogen and oxygen atoms in total. The number of hydrogen-bond donors (Lipinski definition) is 2. The maximum absolute atomic E-state index is 6.39. The van der Waals surface area contributed by atoms with Gasteiger partial charge in [0.2, 0.25) is 0 Å². The van der Waals surface area contributed by atoms with E-state index in [2.05, 4.69) is 55.1 Å². The fraction of sp³-hybridized carbons (Fsp3) is 0.200. The van der Waals surface area contributed by atoms with Crippen LogP contribution in [0.5, 0.6) is 5.75 Å². The van der Waals surface area contributed by atoms with Gasteiger partial charge in [0.05, 0.1) is 16.4 Å². The highest BCUT2D eigenvalue weighted by atomic mass is 79.9. The van der Waals surface area contributed by atoms with E-state index in [0.717, 1.165) is 38.8 Å². The van der Waals surface area contributed by atoms with Gasteiger partial charge in [0, 0.05) is 38.9 Å². The Balaban J connectivity index is 1.67. The van der Waals surface area contributed by atoms with Crippen LogP contribution in [-0.2, 0) is 0 Å². The first-order valence-corrected chi connectivity index (χ1v) is 9.55. The van der Waals surface area contributed by atoms with Gasteiger partial charge in [-0.3, -0.25) is 0 Å². The molecule has 4 aromatic rings. The standard InChI is InChI=1S/C20H19BrClN3O/c1-25(2)5-6-26-20-11-17-13(7-15(20)22)9-19(24-17)18-8-12-3-4-14(21)10-16(12)23-18/h3-4,7-11,23-24H,5-6H2,1-2H3. The van der Waals surface area contributed by atoms with Gasteiger partial charge in [-0.25, -0.2) is 0 Å². The average molecular weight is 433 g/mol. The van der Waals surface area contributed by atoms with Crippen molar-refractivity contribution in [2.45, 2.75) is 0 Å². The monoisotopic (exact) mass is 431 g/mol. The Morgan fingerprint density at radius 1 is 0.962 bits per heavy atom. The van der Waals surface area contributed by atoms with Crippen LogP contribution in [0.25, 0.3) is 33.2 Å². The van der Waals surface area contributed by atoms with E-state index in [9.17, 15) is 0 Å². The first-order chi connectivity index (χ1) is 12.5. The van der Waals surface area contributed by atoms with Gasteiger partial charge in [-0.05, 0) is 44.4 Å². The molecule has 0 aliphatic rings. The van der Waals surface area contributed by atoms with E-state index in [0.29, 0.717) is 17.4 Å². The van der Waals surface area contributed by atoms with Crippen molar-refractivity contribution in [2.24, 2.45) is 0 Å². The summed E-state index contributed by atoms with van der Waals surface area (Å²) in [6.07, 6.45) is 0. The van der Waals surface area contributed by atoms with E-state index < -0.39 is 0 Å². The number of fused-ring (bicyclic) bond motifs is 2.